The Morgan fingerprint density at radius 3 is 1.85 bits per heavy atom. The topological polar surface area (TPSA) is 17.1 Å². The van der Waals surface area contributed by atoms with E-state index < -0.39 is 10.8 Å². The summed E-state index contributed by atoms with van der Waals surface area (Å²) in [5.74, 6) is 0.836. The minimum Gasteiger partial charge on any atom is -0.259 e. The van der Waals surface area contributed by atoms with Gasteiger partial charge in [0.25, 0.3) is 0 Å². The molecule has 1 atom stereocenters. The van der Waals surface area contributed by atoms with Crippen LogP contribution < -0.4 is 0 Å². The van der Waals surface area contributed by atoms with Crippen LogP contribution in [0.5, 0.6) is 0 Å². The van der Waals surface area contributed by atoms with Crippen molar-refractivity contribution in [1.82, 2.24) is 0 Å². The summed E-state index contributed by atoms with van der Waals surface area (Å²) >= 11 is 0. The molecule has 0 aliphatic heterocycles. The van der Waals surface area contributed by atoms with E-state index in [4.69, 9.17) is 0 Å². The maximum absolute atomic E-state index is 11.9. The minimum absolute atomic E-state index is 0.0335. The predicted octanol–water partition coefficient (Wildman–Crippen LogP) is 3.36. The Bertz CT molecular complexity index is 177. The molecule has 0 saturated heterocycles. The second kappa shape index (κ2) is 4.59. The van der Waals surface area contributed by atoms with Crippen LogP contribution in [0.2, 0.25) is 0 Å². The van der Waals surface area contributed by atoms with Gasteiger partial charge in [0.1, 0.15) is 0 Å². The molecule has 0 heterocycles. The average Bonchev–Trinajstić information content (AvgIpc) is 1.82. The third-order valence-electron chi connectivity index (χ3n) is 1.96. The van der Waals surface area contributed by atoms with Gasteiger partial charge in [0.2, 0.25) is 0 Å². The molecule has 0 radical (unpaired) electrons. The van der Waals surface area contributed by atoms with E-state index in [9.17, 15) is 4.21 Å². The van der Waals surface area contributed by atoms with E-state index in [1.807, 2.05) is 0 Å². The molecule has 0 saturated carbocycles. The van der Waals surface area contributed by atoms with E-state index in [-0.39, 0.29) is 10.2 Å². The van der Waals surface area contributed by atoms with Gasteiger partial charge in [-0.15, -0.1) is 0 Å². The fourth-order valence-electron chi connectivity index (χ4n) is 1.82. The quantitative estimate of drug-likeness (QED) is 0.686. The first-order valence-electron chi connectivity index (χ1n) is 5.07. The van der Waals surface area contributed by atoms with Gasteiger partial charge in [-0.25, -0.2) is 0 Å². The van der Waals surface area contributed by atoms with E-state index in [0.29, 0.717) is 0 Å². The van der Waals surface area contributed by atoms with Gasteiger partial charge in [0, 0.05) is 21.3 Å². The number of hydrogen-bond donors (Lipinski definition) is 0. The molecule has 13 heavy (non-hydrogen) atoms. The molecule has 1 unspecified atom stereocenters. The lowest BCUT2D eigenvalue weighted by molar-refractivity contribution is 0.335. The SMILES string of the molecule is CCCS(=O)C(C)(C)CC(C)(C)C. The number of hydrogen-bond acceptors (Lipinski definition) is 1. The lowest BCUT2D eigenvalue weighted by Gasteiger charge is -2.31. The molecule has 1 nitrogen and oxygen atoms in total. The largest absolute Gasteiger partial charge is 0.259 e. The molecule has 80 valence electrons. The van der Waals surface area contributed by atoms with Crippen LogP contribution >= 0.6 is 0 Å². The molecule has 0 aliphatic carbocycles. The van der Waals surface area contributed by atoms with Crippen molar-refractivity contribution in [3.63, 3.8) is 0 Å². The van der Waals surface area contributed by atoms with E-state index in [2.05, 4.69) is 41.5 Å². The Labute approximate surface area is 85.8 Å². The van der Waals surface area contributed by atoms with Crippen LogP contribution in [0.15, 0.2) is 0 Å². The predicted molar refractivity (Wildman–Crippen MR) is 61.5 cm³/mol. The second-order valence-electron chi connectivity index (χ2n) is 5.55. The van der Waals surface area contributed by atoms with Crippen LogP contribution in [0.25, 0.3) is 0 Å². The van der Waals surface area contributed by atoms with Gasteiger partial charge in [-0.05, 0) is 32.1 Å². The lowest BCUT2D eigenvalue weighted by Crippen LogP contribution is -2.33. The van der Waals surface area contributed by atoms with Crippen LogP contribution in [-0.2, 0) is 10.8 Å². The standard InChI is InChI=1S/C11H24OS/c1-7-8-13(12)11(5,6)9-10(2,3)4/h7-9H2,1-6H3. The molecule has 0 aromatic rings. The van der Waals surface area contributed by atoms with Crippen LogP contribution in [0.3, 0.4) is 0 Å². The number of rotatable bonds is 4. The molecule has 0 aromatic carbocycles. The van der Waals surface area contributed by atoms with Gasteiger partial charge in [0.05, 0.1) is 0 Å². The molecule has 0 bridgehead atoms. The second-order valence-corrected chi connectivity index (χ2v) is 7.75. The van der Waals surface area contributed by atoms with E-state index in [1.54, 1.807) is 0 Å². The molecule has 0 amide bonds. The van der Waals surface area contributed by atoms with Crippen LogP contribution in [-0.4, -0.2) is 14.7 Å². The van der Waals surface area contributed by atoms with Crippen LogP contribution in [0, 0.1) is 5.41 Å². The van der Waals surface area contributed by atoms with Crippen molar-refractivity contribution in [1.29, 1.82) is 0 Å². The zero-order valence-corrected chi connectivity index (χ0v) is 10.8. The van der Waals surface area contributed by atoms with Crippen molar-refractivity contribution in [2.75, 3.05) is 5.75 Å². The van der Waals surface area contributed by atoms with Gasteiger partial charge >= 0.3 is 0 Å². The maximum Gasteiger partial charge on any atom is 0.0408 e. The Morgan fingerprint density at radius 2 is 1.54 bits per heavy atom. The Balaban J connectivity index is 4.30. The molecule has 0 aliphatic rings. The highest BCUT2D eigenvalue weighted by Gasteiger charge is 2.30. The maximum atomic E-state index is 11.9. The summed E-state index contributed by atoms with van der Waals surface area (Å²) in [5.41, 5.74) is 0.271. The summed E-state index contributed by atoms with van der Waals surface area (Å²) in [5, 5.41) is 0. The van der Waals surface area contributed by atoms with Gasteiger partial charge < -0.3 is 0 Å². The highest BCUT2D eigenvalue weighted by molar-refractivity contribution is 7.86. The van der Waals surface area contributed by atoms with Crippen molar-refractivity contribution < 1.29 is 4.21 Å². The fourth-order valence-corrected chi connectivity index (χ4v) is 3.34. The van der Waals surface area contributed by atoms with E-state index >= 15 is 0 Å². The molecule has 0 N–H and O–H groups in total. The summed E-state index contributed by atoms with van der Waals surface area (Å²) < 4.78 is 11.8. The normalized spacial score (nSPS) is 15.8. The minimum atomic E-state index is -0.677. The zero-order valence-electron chi connectivity index (χ0n) is 9.94. The summed E-state index contributed by atoms with van der Waals surface area (Å²) in [4.78, 5) is 0. The molecule has 0 rings (SSSR count). The fraction of sp³-hybridized carbons (Fsp3) is 1.00. The van der Waals surface area contributed by atoms with Gasteiger partial charge in [-0.3, -0.25) is 4.21 Å². The molecule has 2 heteroatoms. The molecule has 0 spiro atoms. The first-order valence-corrected chi connectivity index (χ1v) is 6.39. The highest BCUT2D eigenvalue weighted by Crippen LogP contribution is 2.31. The zero-order chi connectivity index (χ0) is 10.7. The van der Waals surface area contributed by atoms with Crippen molar-refractivity contribution in [3.05, 3.63) is 0 Å². The van der Waals surface area contributed by atoms with Crippen LogP contribution in [0.4, 0.5) is 0 Å². The Morgan fingerprint density at radius 1 is 1.08 bits per heavy atom. The van der Waals surface area contributed by atoms with Crippen molar-refractivity contribution in [2.45, 2.75) is 59.1 Å². The third-order valence-corrected chi connectivity index (χ3v) is 4.12. The molecular formula is C11H24OS. The molecule has 0 aromatic heterocycles. The van der Waals surface area contributed by atoms with Crippen molar-refractivity contribution >= 4 is 10.8 Å². The Kier molecular flexibility index (Phi) is 4.64. The monoisotopic (exact) mass is 204 g/mol. The van der Waals surface area contributed by atoms with E-state index in [0.717, 1.165) is 18.6 Å². The summed E-state index contributed by atoms with van der Waals surface area (Å²) in [6, 6.07) is 0. The third kappa shape index (κ3) is 5.45. The van der Waals surface area contributed by atoms with Gasteiger partial charge in [-0.1, -0.05) is 27.7 Å². The first kappa shape index (κ1) is 13.2. The highest BCUT2D eigenvalue weighted by atomic mass is 32.2. The average molecular weight is 204 g/mol. The van der Waals surface area contributed by atoms with E-state index in [1.165, 1.54) is 0 Å². The molecule has 0 fully saturated rings. The summed E-state index contributed by atoms with van der Waals surface area (Å²) in [6.45, 7) is 12.9. The smallest absolute Gasteiger partial charge is 0.0408 e. The summed E-state index contributed by atoms with van der Waals surface area (Å²) in [6.07, 6.45) is 2.03. The Hall–Kier alpha value is 0.150. The van der Waals surface area contributed by atoms with Crippen molar-refractivity contribution in [3.8, 4) is 0 Å². The summed E-state index contributed by atoms with van der Waals surface area (Å²) in [7, 11) is -0.677. The van der Waals surface area contributed by atoms with Crippen molar-refractivity contribution in [2.24, 2.45) is 5.41 Å². The van der Waals surface area contributed by atoms with Gasteiger partial charge in [0.15, 0.2) is 0 Å². The molecular weight excluding hydrogens is 180 g/mol. The van der Waals surface area contributed by atoms with Crippen LogP contribution in [0.1, 0.15) is 54.4 Å². The first-order chi connectivity index (χ1) is 5.69. The van der Waals surface area contributed by atoms with Gasteiger partial charge in [-0.2, -0.15) is 0 Å². The lowest BCUT2D eigenvalue weighted by atomic mass is 9.86.